The SMILES string of the molecule is C[C@]12CCC3c4ccc(O)cc4C=CC3C1CCC2=C(F)F. The summed E-state index contributed by atoms with van der Waals surface area (Å²) in [6.07, 6.45) is 6.00. The Morgan fingerprint density at radius 2 is 2.09 bits per heavy atom. The third-order valence-electron chi connectivity index (χ3n) is 6.31. The predicted molar refractivity (Wildman–Crippen MR) is 82.7 cm³/mol. The van der Waals surface area contributed by atoms with Gasteiger partial charge in [-0.1, -0.05) is 25.1 Å². The largest absolute Gasteiger partial charge is 0.508 e. The maximum atomic E-state index is 13.3. The lowest BCUT2D eigenvalue weighted by Crippen LogP contribution is -2.38. The van der Waals surface area contributed by atoms with Crippen LogP contribution in [0, 0.1) is 17.3 Å². The van der Waals surface area contributed by atoms with Gasteiger partial charge in [0.05, 0.1) is 0 Å². The van der Waals surface area contributed by atoms with E-state index >= 15 is 0 Å². The minimum absolute atomic E-state index is 0.285. The number of rotatable bonds is 0. The van der Waals surface area contributed by atoms with Crippen LogP contribution in [0.4, 0.5) is 8.78 Å². The number of hydrogen-bond donors (Lipinski definition) is 1. The van der Waals surface area contributed by atoms with Crippen molar-refractivity contribution in [2.75, 3.05) is 0 Å². The fraction of sp³-hybridized carbons (Fsp3) is 0.474. The standard InChI is InChI=1S/C19H20F2O/c1-19-9-8-14-13-5-3-12(22)10-11(13)2-4-15(14)16(19)6-7-17(19)18(20)21/h2-5,10,14-16,22H,6-9H2,1H3/t14?,15?,16?,19-/m0/s1. The lowest BCUT2D eigenvalue weighted by Gasteiger charge is -2.47. The first-order chi connectivity index (χ1) is 10.5. The fourth-order valence-corrected chi connectivity index (χ4v) is 5.21. The molecule has 3 aliphatic rings. The van der Waals surface area contributed by atoms with Gasteiger partial charge in [-0.05, 0) is 72.1 Å². The molecule has 1 N–H and O–H groups in total. The van der Waals surface area contributed by atoms with E-state index in [0.717, 1.165) is 24.8 Å². The fourth-order valence-electron chi connectivity index (χ4n) is 5.21. The van der Waals surface area contributed by atoms with E-state index in [0.29, 0.717) is 29.7 Å². The summed E-state index contributed by atoms with van der Waals surface area (Å²) in [6, 6.07) is 5.55. The molecule has 1 nitrogen and oxygen atoms in total. The molecule has 4 atom stereocenters. The van der Waals surface area contributed by atoms with Crippen LogP contribution in [0.1, 0.15) is 49.7 Å². The first kappa shape index (κ1) is 14.0. The van der Waals surface area contributed by atoms with Crippen molar-refractivity contribution < 1.29 is 13.9 Å². The number of hydrogen-bond acceptors (Lipinski definition) is 1. The Labute approximate surface area is 129 Å². The first-order valence-corrected chi connectivity index (χ1v) is 8.06. The van der Waals surface area contributed by atoms with Gasteiger partial charge in [0.25, 0.3) is 6.08 Å². The van der Waals surface area contributed by atoms with Gasteiger partial charge in [0.1, 0.15) is 5.75 Å². The van der Waals surface area contributed by atoms with E-state index in [-0.39, 0.29) is 11.2 Å². The zero-order valence-corrected chi connectivity index (χ0v) is 12.7. The van der Waals surface area contributed by atoms with Gasteiger partial charge in [0.15, 0.2) is 0 Å². The molecular formula is C19H20F2O. The lowest BCUT2D eigenvalue weighted by molar-refractivity contribution is 0.117. The van der Waals surface area contributed by atoms with Crippen molar-refractivity contribution in [3.8, 4) is 5.75 Å². The second-order valence-corrected chi connectivity index (χ2v) is 7.20. The van der Waals surface area contributed by atoms with Crippen molar-refractivity contribution in [3.05, 3.63) is 47.1 Å². The van der Waals surface area contributed by atoms with Gasteiger partial charge in [-0.2, -0.15) is 8.78 Å². The van der Waals surface area contributed by atoms with Crippen LogP contribution < -0.4 is 0 Å². The number of fused-ring (bicyclic) bond motifs is 5. The number of phenolic OH excluding ortho intramolecular Hbond substituents is 1. The molecule has 3 heteroatoms. The molecule has 0 saturated heterocycles. The molecule has 0 aromatic heterocycles. The summed E-state index contributed by atoms with van der Waals surface area (Å²) in [7, 11) is 0. The normalized spacial score (nSPS) is 35.8. The van der Waals surface area contributed by atoms with Gasteiger partial charge >= 0.3 is 0 Å². The van der Waals surface area contributed by atoms with E-state index in [1.54, 1.807) is 12.1 Å². The summed E-state index contributed by atoms with van der Waals surface area (Å²) in [5.74, 6) is 1.34. The topological polar surface area (TPSA) is 20.2 Å². The van der Waals surface area contributed by atoms with Crippen molar-refractivity contribution >= 4 is 6.08 Å². The van der Waals surface area contributed by atoms with Crippen molar-refractivity contribution in [2.24, 2.45) is 17.3 Å². The lowest BCUT2D eigenvalue weighted by atomic mass is 9.57. The minimum atomic E-state index is -1.45. The summed E-state index contributed by atoms with van der Waals surface area (Å²) in [5, 5.41) is 9.65. The number of aromatic hydroxyl groups is 1. The molecule has 0 radical (unpaired) electrons. The Balaban J connectivity index is 1.75. The van der Waals surface area contributed by atoms with Crippen molar-refractivity contribution in [1.29, 1.82) is 0 Å². The van der Waals surface area contributed by atoms with Crippen molar-refractivity contribution in [2.45, 2.75) is 38.5 Å². The Hall–Kier alpha value is -1.64. The molecule has 1 aromatic carbocycles. The zero-order valence-electron chi connectivity index (χ0n) is 12.7. The highest BCUT2D eigenvalue weighted by Crippen LogP contribution is 2.62. The van der Waals surface area contributed by atoms with E-state index in [2.05, 4.69) is 12.2 Å². The van der Waals surface area contributed by atoms with Crippen LogP contribution in [0.15, 0.2) is 35.9 Å². The molecule has 4 rings (SSSR count). The van der Waals surface area contributed by atoms with Crippen LogP contribution in [0.25, 0.3) is 6.08 Å². The Bertz CT molecular complexity index is 687. The van der Waals surface area contributed by atoms with Crippen LogP contribution in [-0.2, 0) is 0 Å². The summed E-state index contributed by atoms with van der Waals surface area (Å²) >= 11 is 0. The smallest absolute Gasteiger partial charge is 0.270 e. The molecule has 1 aromatic rings. The number of halogens is 2. The van der Waals surface area contributed by atoms with Gasteiger partial charge < -0.3 is 5.11 Å². The molecular weight excluding hydrogens is 282 g/mol. The average Bonchev–Trinajstić information content (AvgIpc) is 2.84. The summed E-state index contributed by atoms with van der Waals surface area (Å²) < 4.78 is 26.6. The zero-order chi connectivity index (χ0) is 15.5. The number of allylic oxidation sites excluding steroid dienone is 2. The van der Waals surface area contributed by atoms with Gasteiger partial charge in [-0.3, -0.25) is 0 Å². The van der Waals surface area contributed by atoms with Crippen LogP contribution >= 0.6 is 0 Å². The molecule has 0 heterocycles. The highest BCUT2D eigenvalue weighted by atomic mass is 19.3. The first-order valence-electron chi connectivity index (χ1n) is 8.06. The summed E-state index contributed by atoms with van der Waals surface area (Å²) in [4.78, 5) is 0. The van der Waals surface area contributed by atoms with E-state index in [9.17, 15) is 13.9 Å². The van der Waals surface area contributed by atoms with Crippen molar-refractivity contribution in [3.63, 3.8) is 0 Å². The molecule has 0 aliphatic heterocycles. The van der Waals surface area contributed by atoms with Gasteiger partial charge in [-0.15, -0.1) is 0 Å². The van der Waals surface area contributed by atoms with Gasteiger partial charge in [0, 0.05) is 5.57 Å². The predicted octanol–water partition coefficient (Wildman–Crippen LogP) is 5.48. The summed E-state index contributed by atoms with van der Waals surface area (Å²) in [6.45, 7) is 2.04. The molecule has 22 heavy (non-hydrogen) atoms. The van der Waals surface area contributed by atoms with Crippen LogP contribution in [-0.4, -0.2) is 5.11 Å². The quantitative estimate of drug-likeness (QED) is 0.673. The molecule has 3 aliphatic carbocycles. The monoisotopic (exact) mass is 302 g/mol. The van der Waals surface area contributed by atoms with Crippen molar-refractivity contribution in [1.82, 2.24) is 0 Å². The van der Waals surface area contributed by atoms with Crippen LogP contribution in [0.5, 0.6) is 5.75 Å². The highest BCUT2D eigenvalue weighted by molar-refractivity contribution is 5.61. The van der Waals surface area contributed by atoms with E-state index < -0.39 is 6.08 Å². The average molecular weight is 302 g/mol. The maximum Gasteiger partial charge on any atom is 0.270 e. The van der Waals surface area contributed by atoms with E-state index in [1.165, 1.54) is 5.56 Å². The molecule has 3 unspecified atom stereocenters. The van der Waals surface area contributed by atoms with E-state index in [4.69, 9.17) is 0 Å². The Morgan fingerprint density at radius 1 is 1.27 bits per heavy atom. The van der Waals surface area contributed by atoms with Crippen LogP contribution in [0.2, 0.25) is 0 Å². The second kappa shape index (κ2) is 4.68. The Kier molecular flexibility index (Phi) is 2.97. The third-order valence-corrected chi connectivity index (χ3v) is 6.31. The molecule has 2 saturated carbocycles. The third kappa shape index (κ3) is 1.81. The molecule has 0 spiro atoms. The molecule has 0 amide bonds. The van der Waals surface area contributed by atoms with E-state index in [1.807, 2.05) is 13.0 Å². The number of benzene rings is 1. The minimum Gasteiger partial charge on any atom is -0.508 e. The molecule has 0 bridgehead atoms. The summed E-state index contributed by atoms with van der Waals surface area (Å²) in [5.41, 5.74) is 2.42. The van der Waals surface area contributed by atoms with Crippen LogP contribution in [0.3, 0.4) is 0 Å². The molecule has 2 fully saturated rings. The highest BCUT2D eigenvalue weighted by Gasteiger charge is 2.53. The second-order valence-electron chi connectivity index (χ2n) is 7.20. The van der Waals surface area contributed by atoms with Gasteiger partial charge in [0.2, 0.25) is 0 Å². The molecule has 116 valence electrons. The maximum absolute atomic E-state index is 13.3. The van der Waals surface area contributed by atoms with Gasteiger partial charge in [-0.25, -0.2) is 0 Å². The number of phenols is 1. The Morgan fingerprint density at radius 3 is 2.86 bits per heavy atom.